The molecule has 0 saturated heterocycles. The van der Waals surface area contributed by atoms with Crippen molar-refractivity contribution in [1.29, 1.82) is 0 Å². The highest BCUT2D eigenvalue weighted by atomic mass is 32.2. The first-order valence-corrected chi connectivity index (χ1v) is 5.74. The Hall–Kier alpha value is -0.430. The van der Waals surface area contributed by atoms with Crippen LogP contribution in [0.5, 0.6) is 0 Å². The Morgan fingerprint density at radius 1 is 1.08 bits per heavy atom. The third-order valence-electron chi connectivity index (χ3n) is 1.86. The van der Waals surface area contributed by atoms with Crippen molar-refractivity contribution in [2.24, 2.45) is 5.41 Å². The second kappa shape index (κ2) is 4.71. The molecule has 0 atom stereocenters. The molecule has 1 aromatic carbocycles. The van der Waals surface area contributed by atoms with E-state index >= 15 is 0 Å². The van der Waals surface area contributed by atoms with Crippen LogP contribution in [-0.4, -0.2) is 5.75 Å². The van der Waals surface area contributed by atoms with Crippen molar-refractivity contribution in [3.8, 4) is 0 Å². The van der Waals surface area contributed by atoms with Gasteiger partial charge in [0, 0.05) is 4.90 Å². The molecule has 0 heterocycles. The molecule has 0 fully saturated rings. The number of hydrogen-bond donors (Lipinski definition) is 0. The molecule has 72 valence electrons. The van der Waals surface area contributed by atoms with Crippen LogP contribution in [0.15, 0.2) is 35.2 Å². The summed E-state index contributed by atoms with van der Waals surface area (Å²) in [6.45, 7) is 6.87. The highest BCUT2D eigenvalue weighted by molar-refractivity contribution is 7.99. The Labute approximate surface area is 85.7 Å². The average molecular weight is 194 g/mol. The molecule has 0 N–H and O–H groups in total. The van der Waals surface area contributed by atoms with Gasteiger partial charge in [-0.25, -0.2) is 0 Å². The van der Waals surface area contributed by atoms with Gasteiger partial charge in [0.25, 0.3) is 0 Å². The maximum Gasteiger partial charge on any atom is 0.00719 e. The first kappa shape index (κ1) is 10.6. The van der Waals surface area contributed by atoms with Crippen molar-refractivity contribution in [3.63, 3.8) is 0 Å². The molecule has 0 unspecified atom stereocenters. The Morgan fingerprint density at radius 3 is 2.23 bits per heavy atom. The molecule has 1 aromatic rings. The largest absolute Gasteiger partial charge is 0.126 e. The van der Waals surface area contributed by atoms with Crippen LogP contribution in [0.4, 0.5) is 0 Å². The van der Waals surface area contributed by atoms with E-state index in [0.717, 1.165) is 0 Å². The summed E-state index contributed by atoms with van der Waals surface area (Å²) < 4.78 is 0. The van der Waals surface area contributed by atoms with E-state index in [1.807, 2.05) is 11.8 Å². The lowest BCUT2D eigenvalue weighted by atomic mass is 9.94. The minimum absolute atomic E-state index is 0.460. The van der Waals surface area contributed by atoms with Gasteiger partial charge in [-0.15, -0.1) is 11.8 Å². The normalized spacial score (nSPS) is 11.6. The lowest BCUT2D eigenvalue weighted by Crippen LogP contribution is -2.05. The van der Waals surface area contributed by atoms with E-state index in [-0.39, 0.29) is 0 Å². The maximum atomic E-state index is 2.29. The van der Waals surface area contributed by atoms with Crippen molar-refractivity contribution in [3.05, 3.63) is 30.3 Å². The predicted octanol–water partition coefficient (Wildman–Crippen LogP) is 4.21. The molecule has 0 radical (unpaired) electrons. The molecule has 0 aliphatic carbocycles. The maximum absolute atomic E-state index is 2.29. The summed E-state index contributed by atoms with van der Waals surface area (Å²) in [5, 5.41) is 0. The summed E-state index contributed by atoms with van der Waals surface area (Å²) >= 11 is 1.95. The van der Waals surface area contributed by atoms with Gasteiger partial charge in [0.15, 0.2) is 0 Å². The van der Waals surface area contributed by atoms with Crippen LogP contribution in [0, 0.1) is 5.41 Å². The van der Waals surface area contributed by atoms with Crippen LogP contribution in [0.3, 0.4) is 0 Å². The third-order valence-corrected chi connectivity index (χ3v) is 2.88. The van der Waals surface area contributed by atoms with Crippen molar-refractivity contribution in [2.75, 3.05) is 5.75 Å². The molecule has 0 saturated carbocycles. The molecule has 0 bridgehead atoms. The highest BCUT2D eigenvalue weighted by Crippen LogP contribution is 2.25. The van der Waals surface area contributed by atoms with Crippen LogP contribution in [-0.2, 0) is 0 Å². The van der Waals surface area contributed by atoms with Gasteiger partial charge in [-0.1, -0.05) is 39.0 Å². The van der Waals surface area contributed by atoms with Crippen molar-refractivity contribution < 1.29 is 0 Å². The van der Waals surface area contributed by atoms with Crippen LogP contribution in [0.1, 0.15) is 27.2 Å². The molecule has 0 spiro atoms. The molecule has 1 heteroatoms. The summed E-state index contributed by atoms with van der Waals surface area (Å²) in [4.78, 5) is 1.38. The number of rotatable bonds is 3. The van der Waals surface area contributed by atoms with Crippen molar-refractivity contribution in [2.45, 2.75) is 32.1 Å². The molecule has 0 nitrogen and oxygen atoms in total. The van der Waals surface area contributed by atoms with Gasteiger partial charge in [-0.2, -0.15) is 0 Å². The smallest absolute Gasteiger partial charge is 0.00719 e. The molecule has 0 aliphatic rings. The topological polar surface area (TPSA) is 0 Å². The summed E-state index contributed by atoms with van der Waals surface area (Å²) in [7, 11) is 0. The van der Waals surface area contributed by atoms with Crippen LogP contribution in [0.25, 0.3) is 0 Å². The third kappa shape index (κ3) is 4.99. The van der Waals surface area contributed by atoms with E-state index in [0.29, 0.717) is 5.41 Å². The average Bonchev–Trinajstić information content (AvgIpc) is 2.04. The monoisotopic (exact) mass is 194 g/mol. The molecule has 0 amide bonds. The van der Waals surface area contributed by atoms with E-state index in [1.165, 1.54) is 17.1 Å². The molecular formula is C12H18S. The zero-order chi connectivity index (χ0) is 9.73. The molecule has 1 rings (SSSR count). The fourth-order valence-electron chi connectivity index (χ4n) is 0.992. The van der Waals surface area contributed by atoms with Gasteiger partial charge < -0.3 is 0 Å². The van der Waals surface area contributed by atoms with Gasteiger partial charge in [0.2, 0.25) is 0 Å². The number of hydrogen-bond acceptors (Lipinski definition) is 1. The molecular weight excluding hydrogens is 176 g/mol. The second-order valence-corrected chi connectivity index (χ2v) is 5.64. The van der Waals surface area contributed by atoms with Gasteiger partial charge in [-0.05, 0) is 29.7 Å². The summed E-state index contributed by atoms with van der Waals surface area (Å²) in [6, 6.07) is 10.6. The van der Waals surface area contributed by atoms with Crippen LogP contribution >= 0.6 is 11.8 Å². The zero-order valence-corrected chi connectivity index (χ0v) is 9.53. The lowest BCUT2D eigenvalue weighted by molar-refractivity contribution is 0.401. The highest BCUT2D eigenvalue weighted by Gasteiger charge is 2.09. The minimum atomic E-state index is 0.460. The SMILES string of the molecule is CC(C)(C)CCSc1ccccc1. The van der Waals surface area contributed by atoms with E-state index in [4.69, 9.17) is 0 Å². The fraction of sp³-hybridized carbons (Fsp3) is 0.500. The summed E-state index contributed by atoms with van der Waals surface area (Å²) in [5.74, 6) is 1.22. The van der Waals surface area contributed by atoms with Crippen LogP contribution in [0.2, 0.25) is 0 Å². The van der Waals surface area contributed by atoms with Crippen molar-refractivity contribution in [1.82, 2.24) is 0 Å². The van der Waals surface area contributed by atoms with E-state index < -0.39 is 0 Å². The Balaban J connectivity index is 2.29. The lowest BCUT2D eigenvalue weighted by Gasteiger charge is -2.17. The minimum Gasteiger partial charge on any atom is -0.126 e. The molecule has 0 aliphatic heterocycles. The fourth-order valence-corrected chi connectivity index (χ4v) is 2.29. The van der Waals surface area contributed by atoms with Gasteiger partial charge in [0.1, 0.15) is 0 Å². The molecule has 13 heavy (non-hydrogen) atoms. The van der Waals surface area contributed by atoms with Gasteiger partial charge in [-0.3, -0.25) is 0 Å². The molecule has 0 aromatic heterocycles. The first-order valence-electron chi connectivity index (χ1n) is 4.76. The van der Waals surface area contributed by atoms with E-state index in [1.54, 1.807) is 0 Å². The van der Waals surface area contributed by atoms with E-state index in [2.05, 4.69) is 51.1 Å². The zero-order valence-electron chi connectivity index (χ0n) is 8.71. The van der Waals surface area contributed by atoms with Crippen molar-refractivity contribution >= 4 is 11.8 Å². The Bertz CT molecular complexity index is 233. The first-order chi connectivity index (χ1) is 6.08. The Morgan fingerprint density at radius 2 is 1.69 bits per heavy atom. The number of benzene rings is 1. The number of thioether (sulfide) groups is 1. The predicted molar refractivity (Wildman–Crippen MR) is 61.2 cm³/mol. The standard InChI is InChI=1S/C12H18S/c1-12(2,3)9-10-13-11-7-5-4-6-8-11/h4-8H,9-10H2,1-3H3. The quantitative estimate of drug-likeness (QED) is 0.649. The van der Waals surface area contributed by atoms with Crippen LogP contribution < -0.4 is 0 Å². The van der Waals surface area contributed by atoms with Gasteiger partial charge in [0.05, 0.1) is 0 Å². The Kier molecular flexibility index (Phi) is 3.86. The second-order valence-electron chi connectivity index (χ2n) is 4.47. The van der Waals surface area contributed by atoms with Gasteiger partial charge >= 0.3 is 0 Å². The summed E-state index contributed by atoms with van der Waals surface area (Å²) in [5.41, 5.74) is 0.460. The summed E-state index contributed by atoms with van der Waals surface area (Å²) in [6.07, 6.45) is 1.27. The van der Waals surface area contributed by atoms with E-state index in [9.17, 15) is 0 Å².